The topological polar surface area (TPSA) is 206 Å². The average molecular weight is 439 g/mol. The summed E-state index contributed by atoms with van der Waals surface area (Å²) in [5.41, 5.74) is 13.6. The molecule has 0 aliphatic carbocycles. The number of anilines is 3. The fraction of sp³-hybridized carbons (Fsp3) is 0.200. The second-order valence-electron chi connectivity index (χ2n) is 6.91. The molecule has 0 spiro atoms. The molecule has 0 radical (unpaired) electrons. The lowest BCUT2D eigenvalue weighted by atomic mass is 10.1. The Hall–Kier alpha value is -4.48. The molecule has 1 aromatic carbocycles. The van der Waals surface area contributed by atoms with Gasteiger partial charge in [0.1, 0.15) is 11.9 Å². The number of nitrogens with zero attached hydrogens (tertiary/aromatic N) is 3. The third-order valence-electron chi connectivity index (χ3n) is 4.56. The van der Waals surface area contributed by atoms with E-state index in [0.717, 1.165) is 5.56 Å². The number of nitrogens with two attached hydrogens (primary N) is 2. The van der Waals surface area contributed by atoms with Crippen LogP contribution in [0.3, 0.4) is 0 Å². The normalized spacial score (nSPS) is 11.6. The second kappa shape index (κ2) is 9.55. The van der Waals surface area contributed by atoms with Crippen LogP contribution in [-0.2, 0) is 16.1 Å². The number of amides is 1. The maximum absolute atomic E-state index is 12.3. The summed E-state index contributed by atoms with van der Waals surface area (Å²) < 4.78 is 0. The Morgan fingerprint density at radius 3 is 2.44 bits per heavy atom. The Morgan fingerprint density at radius 2 is 1.78 bits per heavy atom. The molecule has 0 aliphatic rings. The SMILES string of the molecule is Nc1nc(N)c2cc(NCc3ccc(C(=O)NC(CCC(=O)O)C(=O)O)cc3)cnc2n1. The number of carbonyl (C=O) groups is 3. The van der Waals surface area contributed by atoms with Gasteiger partial charge in [0.2, 0.25) is 5.95 Å². The van der Waals surface area contributed by atoms with Crippen LogP contribution < -0.4 is 22.1 Å². The number of carboxylic acids is 2. The van der Waals surface area contributed by atoms with Crippen LogP contribution in [-0.4, -0.2) is 49.1 Å². The highest BCUT2D eigenvalue weighted by Crippen LogP contribution is 2.21. The Labute approximate surface area is 181 Å². The minimum Gasteiger partial charge on any atom is -0.481 e. The first-order valence-electron chi connectivity index (χ1n) is 9.50. The van der Waals surface area contributed by atoms with Crippen LogP contribution in [0.1, 0.15) is 28.8 Å². The van der Waals surface area contributed by atoms with E-state index in [4.69, 9.17) is 21.7 Å². The molecule has 0 saturated heterocycles. The summed E-state index contributed by atoms with van der Waals surface area (Å²) in [4.78, 5) is 46.3. The molecule has 0 aliphatic heterocycles. The Morgan fingerprint density at radius 1 is 1.06 bits per heavy atom. The lowest BCUT2D eigenvalue weighted by Gasteiger charge is -2.14. The maximum atomic E-state index is 12.3. The molecule has 1 unspecified atom stereocenters. The first-order valence-corrected chi connectivity index (χ1v) is 9.50. The van der Waals surface area contributed by atoms with E-state index in [1.54, 1.807) is 36.5 Å². The number of aromatic nitrogens is 3. The highest BCUT2D eigenvalue weighted by atomic mass is 16.4. The van der Waals surface area contributed by atoms with Crippen molar-refractivity contribution in [2.75, 3.05) is 16.8 Å². The first kappa shape index (κ1) is 22.2. The predicted molar refractivity (Wildman–Crippen MR) is 116 cm³/mol. The number of hydrogen-bond acceptors (Lipinski definition) is 9. The van der Waals surface area contributed by atoms with Gasteiger partial charge >= 0.3 is 11.9 Å². The van der Waals surface area contributed by atoms with E-state index in [2.05, 4.69) is 25.6 Å². The number of carboxylic acid groups (broad SMARTS) is 2. The highest BCUT2D eigenvalue weighted by Gasteiger charge is 2.21. The highest BCUT2D eigenvalue weighted by molar-refractivity contribution is 5.96. The molecule has 0 saturated carbocycles. The van der Waals surface area contributed by atoms with Gasteiger partial charge in [-0.25, -0.2) is 9.78 Å². The van der Waals surface area contributed by atoms with E-state index in [1.165, 1.54) is 0 Å². The van der Waals surface area contributed by atoms with Gasteiger partial charge in [-0.15, -0.1) is 0 Å². The number of fused-ring (bicyclic) bond motifs is 1. The molecule has 0 bridgehead atoms. The Bertz CT molecular complexity index is 1170. The number of hydrogen-bond donors (Lipinski definition) is 6. The molecule has 0 fully saturated rings. The van der Waals surface area contributed by atoms with Crippen molar-refractivity contribution in [3.05, 3.63) is 47.7 Å². The first-order chi connectivity index (χ1) is 15.2. The molecule has 32 heavy (non-hydrogen) atoms. The molecular weight excluding hydrogens is 418 g/mol. The predicted octanol–water partition coefficient (Wildman–Crippen LogP) is 0.849. The van der Waals surface area contributed by atoms with Crippen molar-refractivity contribution in [2.24, 2.45) is 0 Å². The van der Waals surface area contributed by atoms with E-state index in [0.29, 0.717) is 23.3 Å². The van der Waals surface area contributed by atoms with Gasteiger partial charge in [0.25, 0.3) is 5.91 Å². The average Bonchev–Trinajstić information content (AvgIpc) is 2.75. The number of nitrogens with one attached hydrogen (secondary N) is 2. The molecule has 2 aromatic heterocycles. The molecule has 3 rings (SSSR count). The molecule has 1 amide bonds. The van der Waals surface area contributed by atoms with Gasteiger partial charge in [0.05, 0.1) is 17.3 Å². The van der Waals surface area contributed by atoms with Gasteiger partial charge < -0.3 is 32.3 Å². The smallest absolute Gasteiger partial charge is 0.326 e. The van der Waals surface area contributed by atoms with E-state index in [9.17, 15) is 14.4 Å². The number of rotatable bonds is 9. The monoisotopic (exact) mass is 439 g/mol. The molecule has 8 N–H and O–H groups in total. The summed E-state index contributed by atoms with van der Waals surface area (Å²) in [6.07, 6.45) is 1.01. The molecule has 2 heterocycles. The van der Waals surface area contributed by atoms with Crippen molar-refractivity contribution in [2.45, 2.75) is 25.4 Å². The Kier molecular flexibility index (Phi) is 6.63. The Balaban J connectivity index is 1.62. The van der Waals surface area contributed by atoms with E-state index >= 15 is 0 Å². The van der Waals surface area contributed by atoms with Crippen molar-refractivity contribution < 1.29 is 24.6 Å². The molecule has 166 valence electrons. The zero-order valence-corrected chi connectivity index (χ0v) is 16.8. The number of pyridine rings is 1. The van der Waals surface area contributed by atoms with Gasteiger partial charge in [-0.1, -0.05) is 12.1 Å². The largest absolute Gasteiger partial charge is 0.481 e. The molecule has 3 aromatic rings. The van der Waals surface area contributed by atoms with Crippen LogP contribution in [0.4, 0.5) is 17.5 Å². The maximum Gasteiger partial charge on any atom is 0.326 e. The summed E-state index contributed by atoms with van der Waals surface area (Å²) in [6, 6.07) is 6.99. The summed E-state index contributed by atoms with van der Waals surface area (Å²) in [5.74, 6) is -2.76. The zero-order chi connectivity index (χ0) is 23.3. The van der Waals surface area contributed by atoms with Crippen molar-refractivity contribution >= 4 is 46.3 Å². The summed E-state index contributed by atoms with van der Waals surface area (Å²) in [7, 11) is 0. The van der Waals surface area contributed by atoms with Crippen molar-refractivity contribution in [1.29, 1.82) is 0 Å². The van der Waals surface area contributed by atoms with E-state index < -0.39 is 23.9 Å². The summed E-state index contributed by atoms with van der Waals surface area (Å²) in [5, 5.41) is 23.9. The van der Waals surface area contributed by atoms with Gasteiger partial charge in [0.15, 0.2) is 5.65 Å². The standard InChI is InChI=1S/C20H21N7O5/c21-16-13-7-12(9-24-17(13)27-20(22)26-16)23-8-10-1-3-11(4-2-10)18(30)25-14(19(31)32)5-6-15(28)29/h1-4,7,9,14,23H,5-6,8H2,(H,25,30)(H,28,29)(H,31,32)(H4,21,22,24,26,27). The lowest BCUT2D eigenvalue weighted by Crippen LogP contribution is -2.41. The fourth-order valence-corrected chi connectivity index (χ4v) is 2.89. The quantitative estimate of drug-likeness (QED) is 0.275. The third kappa shape index (κ3) is 5.56. The zero-order valence-electron chi connectivity index (χ0n) is 16.8. The summed E-state index contributed by atoms with van der Waals surface area (Å²) >= 11 is 0. The number of benzene rings is 1. The van der Waals surface area contributed by atoms with Gasteiger partial charge in [0, 0.05) is 18.5 Å². The van der Waals surface area contributed by atoms with Crippen LogP contribution in [0.5, 0.6) is 0 Å². The fourth-order valence-electron chi connectivity index (χ4n) is 2.89. The molecular formula is C20H21N7O5. The van der Waals surface area contributed by atoms with E-state index in [1.807, 2.05) is 0 Å². The van der Waals surface area contributed by atoms with Crippen LogP contribution in [0, 0.1) is 0 Å². The molecule has 12 nitrogen and oxygen atoms in total. The third-order valence-corrected chi connectivity index (χ3v) is 4.56. The van der Waals surface area contributed by atoms with Gasteiger partial charge in [-0.2, -0.15) is 9.97 Å². The van der Waals surface area contributed by atoms with Crippen molar-refractivity contribution in [3.63, 3.8) is 0 Å². The minimum atomic E-state index is -1.29. The van der Waals surface area contributed by atoms with Crippen molar-refractivity contribution in [1.82, 2.24) is 20.3 Å². The second-order valence-corrected chi connectivity index (χ2v) is 6.91. The number of carbonyl (C=O) groups excluding carboxylic acids is 1. The van der Waals surface area contributed by atoms with Crippen LogP contribution in [0.2, 0.25) is 0 Å². The van der Waals surface area contributed by atoms with Crippen LogP contribution in [0.25, 0.3) is 11.0 Å². The minimum absolute atomic E-state index is 0.0453. The van der Waals surface area contributed by atoms with Crippen molar-refractivity contribution in [3.8, 4) is 0 Å². The number of aliphatic carboxylic acids is 2. The van der Waals surface area contributed by atoms with Crippen LogP contribution in [0.15, 0.2) is 36.5 Å². The molecule has 12 heteroatoms. The molecule has 1 atom stereocenters. The summed E-state index contributed by atoms with van der Waals surface area (Å²) in [6.45, 7) is 0.418. The van der Waals surface area contributed by atoms with E-state index in [-0.39, 0.29) is 30.2 Å². The number of nitrogen functional groups attached to an aromatic ring is 2. The van der Waals surface area contributed by atoms with Gasteiger partial charge in [-0.3, -0.25) is 9.59 Å². The van der Waals surface area contributed by atoms with Gasteiger partial charge in [-0.05, 0) is 30.2 Å². The lowest BCUT2D eigenvalue weighted by molar-refractivity contribution is -0.140. The van der Waals surface area contributed by atoms with Crippen LogP contribution >= 0.6 is 0 Å².